The van der Waals surface area contributed by atoms with Crippen LogP contribution in [0.2, 0.25) is 0 Å². The van der Waals surface area contributed by atoms with E-state index in [-0.39, 0.29) is 11.3 Å². The lowest BCUT2D eigenvalue weighted by Crippen LogP contribution is -2.47. The third-order valence-electron chi connectivity index (χ3n) is 3.54. The highest BCUT2D eigenvalue weighted by molar-refractivity contribution is 7.09. The zero-order valence-corrected chi connectivity index (χ0v) is 14.3. The molecule has 0 aliphatic carbocycles. The standard InChI is InChI=1S/C16H15F3N2O4S/c1-9-8-26-14(20-9)15(25,16(17,18)19)7-11(22)21-12(13(23)24)10-5-3-2-4-6-10/h2-6,8,12,25H,7H2,1H3,(H,21,22)(H,23,24). The summed E-state index contributed by atoms with van der Waals surface area (Å²) in [5.74, 6) is -2.71. The number of aromatic nitrogens is 1. The number of alkyl halides is 3. The average molecular weight is 388 g/mol. The van der Waals surface area contributed by atoms with E-state index in [1.165, 1.54) is 36.6 Å². The van der Waals surface area contributed by atoms with Gasteiger partial charge in [0.2, 0.25) is 11.5 Å². The van der Waals surface area contributed by atoms with Gasteiger partial charge in [0.15, 0.2) is 6.04 Å². The summed E-state index contributed by atoms with van der Waals surface area (Å²) in [5, 5.41) is 22.0. The molecule has 1 aromatic carbocycles. The molecule has 0 saturated heterocycles. The monoisotopic (exact) mass is 388 g/mol. The fourth-order valence-electron chi connectivity index (χ4n) is 2.22. The van der Waals surface area contributed by atoms with Gasteiger partial charge >= 0.3 is 12.1 Å². The summed E-state index contributed by atoms with van der Waals surface area (Å²) < 4.78 is 40.2. The molecule has 0 fully saturated rings. The SMILES string of the molecule is Cc1csc(C(O)(CC(=O)NC(C(=O)O)c2ccccc2)C(F)(F)F)n1. The smallest absolute Gasteiger partial charge is 0.424 e. The summed E-state index contributed by atoms with van der Waals surface area (Å²) in [6.45, 7) is 1.45. The number of aliphatic carboxylic acids is 1. The molecule has 10 heteroatoms. The molecule has 2 atom stereocenters. The molecule has 0 radical (unpaired) electrons. The van der Waals surface area contributed by atoms with Crippen molar-refractivity contribution in [3.05, 3.63) is 52.0 Å². The molecular weight excluding hydrogens is 373 g/mol. The Bertz CT molecular complexity index is 794. The lowest BCUT2D eigenvalue weighted by Gasteiger charge is -2.28. The number of amides is 1. The van der Waals surface area contributed by atoms with E-state index in [1.54, 1.807) is 6.07 Å². The Balaban J connectivity index is 2.26. The molecule has 1 amide bonds. The van der Waals surface area contributed by atoms with Gasteiger partial charge in [0.1, 0.15) is 5.01 Å². The highest BCUT2D eigenvalue weighted by Gasteiger charge is 2.58. The number of carboxylic acids is 1. The summed E-state index contributed by atoms with van der Waals surface area (Å²) in [5.41, 5.74) is -3.05. The highest BCUT2D eigenvalue weighted by Crippen LogP contribution is 2.42. The number of thiazole rings is 1. The third-order valence-corrected chi connectivity index (χ3v) is 4.65. The number of nitrogens with one attached hydrogen (secondary N) is 1. The van der Waals surface area contributed by atoms with Crippen LogP contribution < -0.4 is 5.32 Å². The quantitative estimate of drug-likeness (QED) is 0.706. The fourth-order valence-corrected chi connectivity index (χ4v) is 3.13. The normalized spacial score (nSPS) is 15.1. The van der Waals surface area contributed by atoms with Crippen LogP contribution in [0.5, 0.6) is 0 Å². The minimum Gasteiger partial charge on any atom is -0.479 e. The maximum absolute atomic E-state index is 13.4. The molecule has 2 aromatic rings. The van der Waals surface area contributed by atoms with Gasteiger partial charge in [-0.15, -0.1) is 11.3 Å². The number of carbonyl (C=O) groups excluding carboxylic acids is 1. The van der Waals surface area contributed by atoms with Crippen molar-refractivity contribution in [3.63, 3.8) is 0 Å². The first-order valence-electron chi connectivity index (χ1n) is 7.33. The Hall–Kier alpha value is -2.46. The van der Waals surface area contributed by atoms with Gasteiger partial charge in [0, 0.05) is 11.1 Å². The molecule has 2 rings (SSSR count). The number of carbonyl (C=O) groups is 2. The van der Waals surface area contributed by atoms with E-state index in [1.807, 2.05) is 5.32 Å². The van der Waals surface area contributed by atoms with Crippen LogP contribution in [0.15, 0.2) is 35.7 Å². The summed E-state index contributed by atoms with van der Waals surface area (Å²) >= 11 is 0.569. The van der Waals surface area contributed by atoms with Gasteiger partial charge in [0.05, 0.1) is 6.42 Å². The minimum absolute atomic E-state index is 0.189. The van der Waals surface area contributed by atoms with Crippen molar-refractivity contribution in [2.75, 3.05) is 0 Å². The molecule has 3 N–H and O–H groups in total. The van der Waals surface area contributed by atoms with Gasteiger partial charge in [-0.25, -0.2) is 9.78 Å². The Morgan fingerprint density at radius 3 is 2.35 bits per heavy atom. The zero-order chi connectivity index (χ0) is 19.5. The van der Waals surface area contributed by atoms with Crippen molar-refractivity contribution in [2.45, 2.75) is 31.2 Å². The van der Waals surface area contributed by atoms with Gasteiger partial charge in [0.25, 0.3) is 0 Å². The minimum atomic E-state index is -5.17. The predicted molar refractivity (Wildman–Crippen MR) is 86.4 cm³/mol. The molecule has 2 unspecified atom stereocenters. The van der Waals surface area contributed by atoms with E-state index in [2.05, 4.69) is 4.98 Å². The number of rotatable bonds is 6. The number of carboxylic acid groups (broad SMARTS) is 1. The summed E-state index contributed by atoms with van der Waals surface area (Å²) in [6.07, 6.45) is -6.57. The van der Waals surface area contributed by atoms with Crippen LogP contribution in [0.25, 0.3) is 0 Å². The molecular formula is C16H15F3N2O4S. The number of hydrogen-bond donors (Lipinski definition) is 3. The Morgan fingerprint density at radius 2 is 1.88 bits per heavy atom. The molecule has 0 saturated carbocycles. The van der Waals surface area contributed by atoms with Crippen LogP contribution in [0, 0.1) is 6.92 Å². The summed E-state index contributed by atoms with van der Waals surface area (Å²) in [7, 11) is 0. The van der Waals surface area contributed by atoms with Crippen molar-refractivity contribution >= 4 is 23.2 Å². The average Bonchev–Trinajstić information content (AvgIpc) is 2.99. The number of halogens is 3. The molecule has 1 aromatic heterocycles. The van der Waals surface area contributed by atoms with Gasteiger partial charge in [-0.2, -0.15) is 13.2 Å². The van der Waals surface area contributed by atoms with Crippen LogP contribution in [-0.2, 0) is 15.2 Å². The van der Waals surface area contributed by atoms with Gasteiger partial charge in [-0.3, -0.25) is 4.79 Å². The number of benzene rings is 1. The van der Waals surface area contributed by atoms with Crippen LogP contribution in [0.3, 0.4) is 0 Å². The zero-order valence-electron chi connectivity index (χ0n) is 13.4. The first-order valence-corrected chi connectivity index (χ1v) is 8.21. The number of aryl methyl sites for hydroxylation is 1. The van der Waals surface area contributed by atoms with E-state index in [4.69, 9.17) is 0 Å². The maximum atomic E-state index is 13.4. The lowest BCUT2D eigenvalue weighted by atomic mass is 9.98. The molecule has 0 aliphatic rings. The van der Waals surface area contributed by atoms with Crippen molar-refractivity contribution < 1.29 is 33.0 Å². The van der Waals surface area contributed by atoms with Crippen LogP contribution in [0.4, 0.5) is 13.2 Å². The van der Waals surface area contributed by atoms with E-state index in [9.17, 15) is 33.0 Å². The second-order valence-electron chi connectivity index (χ2n) is 5.58. The maximum Gasteiger partial charge on any atom is 0.424 e. The first kappa shape index (κ1) is 19.9. The van der Waals surface area contributed by atoms with E-state index < -0.39 is 41.1 Å². The fraction of sp³-hybridized carbons (Fsp3) is 0.312. The van der Waals surface area contributed by atoms with E-state index >= 15 is 0 Å². The number of aliphatic hydroxyl groups is 1. The molecule has 1 heterocycles. The highest BCUT2D eigenvalue weighted by atomic mass is 32.1. The van der Waals surface area contributed by atoms with Crippen LogP contribution in [-0.4, -0.2) is 33.2 Å². The molecule has 0 spiro atoms. The Labute approximate surface area is 150 Å². The van der Waals surface area contributed by atoms with Crippen molar-refractivity contribution in [1.29, 1.82) is 0 Å². The Morgan fingerprint density at radius 1 is 1.27 bits per heavy atom. The number of hydrogen-bond acceptors (Lipinski definition) is 5. The van der Waals surface area contributed by atoms with Crippen LogP contribution >= 0.6 is 11.3 Å². The second kappa shape index (κ2) is 7.42. The number of nitrogens with zero attached hydrogens (tertiary/aromatic N) is 1. The molecule has 0 bridgehead atoms. The molecule has 26 heavy (non-hydrogen) atoms. The van der Waals surface area contributed by atoms with Crippen molar-refractivity contribution in [2.24, 2.45) is 0 Å². The van der Waals surface area contributed by atoms with Crippen molar-refractivity contribution in [1.82, 2.24) is 10.3 Å². The third kappa shape index (κ3) is 4.20. The topological polar surface area (TPSA) is 99.5 Å². The molecule has 0 aliphatic heterocycles. The van der Waals surface area contributed by atoms with E-state index in [0.29, 0.717) is 11.3 Å². The van der Waals surface area contributed by atoms with Gasteiger partial charge in [-0.1, -0.05) is 30.3 Å². The summed E-state index contributed by atoms with van der Waals surface area (Å²) in [4.78, 5) is 27.1. The van der Waals surface area contributed by atoms with Crippen LogP contribution in [0.1, 0.15) is 28.7 Å². The molecule has 140 valence electrons. The summed E-state index contributed by atoms with van der Waals surface area (Å²) in [6, 6.07) is 5.97. The molecule has 6 nitrogen and oxygen atoms in total. The Kier molecular flexibility index (Phi) is 5.67. The predicted octanol–water partition coefficient (Wildman–Crippen LogP) is 2.53. The lowest BCUT2D eigenvalue weighted by molar-refractivity contribution is -0.267. The first-order chi connectivity index (χ1) is 12.0. The second-order valence-corrected chi connectivity index (χ2v) is 6.44. The van der Waals surface area contributed by atoms with E-state index in [0.717, 1.165) is 0 Å². The van der Waals surface area contributed by atoms with Crippen molar-refractivity contribution in [3.8, 4) is 0 Å². The van der Waals surface area contributed by atoms with Gasteiger partial charge in [-0.05, 0) is 12.5 Å². The van der Waals surface area contributed by atoms with Gasteiger partial charge < -0.3 is 15.5 Å². The largest absolute Gasteiger partial charge is 0.479 e.